The highest BCUT2D eigenvalue weighted by molar-refractivity contribution is 5.92. The average Bonchev–Trinajstić information content (AvgIpc) is 2.59. The summed E-state index contributed by atoms with van der Waals surface area (Å²) in [7, 11) is 0. The fourth-order valence-electron chi connectivity index (χ4n) is 2.52. The maximum atomic E-state index is 11.2. The zero-order valence-electron chi connectivity index (χ0n) is 14.4. The highest BCUT2D eigenvalue weighted by Gasteiger charge is 2.15. The molecule has 128 valence electrons. The largest absolute Gasteiger partial charge is 0.480 e. The minimum absolute atomic E-state index is 0.424. The molecule has 0 amide bonds. The van der Waals surface area contributed by atoms with Crippen molar-refractivity contribution in [3.63, 3.8) is 0 Å². The first-order valence-electron chi connectivity index (χ1n) is 8.05. The van der Waals surface area contributed by atoms with Crippen molar-refractivity contribution < 1.29 is 9.90 Å². The average molecular weight is 336 g/mol. The lowest BCUT2D eigenvalue weighted by molar-refractivity contribution is -0.137. The monoisotopic (exact) mass is 336 g/mol. The van der Waals surface area contributed by atoms with Crippen LogP contribution in [0.4, 0.5) is 17.5 Å². The molecule has 0 saturated heterocycles. The summed E-state index contributed by atoms with van der Waals surface area (Å²) in [4.78, 5) is 20.2. The fraction of sp³-hybridized carbons (Fsp3) is 0.211. The van der Waals surface area contributed by atoms with Gasteiger partial charge < -0.3 is 15.7 Å². The van der Waals surface area contributed by atoms with E-state index in [9.17, 15) is 4.79 Å². The smallest absolute Gasteiger partial charge is 0.325 e. The van der Waals surface area contributed by atoms with Crippen molar-refractivity contribution in [2.75, 3.05) is 10.6 Å². The Morgan fingerprint density at radius 1 is 1.08 bits per heavy atom. The van der Waals surface area contributed by atoms with Crippen molar-refractivity contribution in [1.82, 2.24) is 9.97 Å². The maximum absolute atomic E-state index is 11.2. The molecular weight excluding hydrogens is 316 g/mol. The highest BCUT2D eigenvalue weighted by atomic mass is 16.4. The molecule has 1 unspecified atom stereocenters. The second-order valence-corrected chi connectivity index (χ2v) is 5.99. The number of aromatic nitrogens is 2. The number of hydrogen-bond acceptors (Lipinski definition) is 5. The molecule has 0 aliphatic rings. The van der Waals surface area contributed by atoms with Gasteiger partial charge in [-0.25, -0.2) is 4.98 Å². The number of carbonyl (C=O) groups is 1. The number of hydrogen-bond donors (Lipinski definition) is 3. The molecule has 2 aromatic carbocycles. The molecule has 1 atom stereocenters. The molecule has 0 spiro atoms. The number of fused-ring (bicyclic) bond motifs is 1. The first kappa shape index (κ1) is 16.7. The predicted molar refractivity (Wildman–Crippen MR) is 99.5 cm³/mol. The van der Waals surface area contributed by atoms with E-state index < -0.39 is 12.0 Å². The van der Waals surface area contributed by atoms with Gasteiger partial charge in [0.05, 0.1) is 5.52 Å². The van der Waals surface area contributed by atoms with Crippen LogP contribution in [0.25, 0.3) is 10.9 Å². The third-order valence-electron chi connectivity index (χ3n) is 4.18. The summed E-state index contributed by atoms with van der Waals surface area (Å²) in [5.41, 5.74) is 3.95. The number of aliphatic carboxylic acids is 1. The van der Waals surface area contributed by atoms with E-state index in [-0.39, 0.29) is 0 Å². The number of nitrogens with zero attached hydrogens (tertiary/aromatic N) is 2. The molecule has 3 N–H and O–H groups in total. The van der Waals surface area contributed by atoms with Crippen molar-refractivity contribution in [3.05, 3.63) is 53.6 Å². The molecule has 1 aromatic heterocycles. The predicted octanol–water partition coefficient (Wildman–Crippen LogP) is 3.88. The summed E-state index contributed by atoms with van der Waals surface area (Å²) in [6.07, 6.45) is 0. The van der Waals surface area contributed by atoms with Gasteiger partial charge in [-0.1, -0.05) is 24.3 Å². The Morgan fingerprint density at radius 3 is 2.60 bits per heavy atom. The van der Waals surface area contributed by atoms with Crippen LogP contribution in [0.15, 0.2) is 42.5 Å². The molecular formula is C19H20N4O2. The second-order valence-electron chi connectivity index (χ2n) is 5.99. The van der Waals surface area contributed by atoms with Crippen LogP contribution in [0.2, 0.25) is 0 Å². The lowest BCUT2D eigenvalue weighted by Gasteiger charge is -2.15. The summed E-state index contributed by atoms with van der Waals surface area (Å²) in [5, 5.41) is 16.1. The number of carboxylic acids is 1. The third-order valence-corrected chi connectivity index (χ3v) is 4.18. The summed E-state index contributed by atoms with van der Waals surface area (Å²) in [6.45, 7) is 5.66. The molecule has 0 radical (unpaired) electrons. The van der Waals surface area contributed by atoms with Crippen LogP contribution in [0.5, 0.6) is 0 Å². The quantitative estimate of drug-likeness (QED) is 0.655. The van der Waals surface area contributed by atoms with Crippen LogP contribution < -0.4 is 10.6 Å². The molecule has 3 aromatic rings. The third kappa shape index (κ3) is 3.52. The normalized spacial score (nSPS) is 12.0. The van der Waals surface area contributed by atoms with Crippen LogP contribution in [-0.4, -0.2) is 27.1 Å². The maximum Gasteiger partial charge on any atom is 0.325 e. The molecule has 0 aliphatic carbocycles. The van der Waals surface area contributed by atoms with Gasteiger partial charge in [0.25, 0.3) is 0 Å². The van der Waals surface area contributed by atoms with Crippen molar-refractivity contribution in [1.29, 1.82) is 0 Å². The Balaban J connectivity index is 2.04. The molecule has 1 heterocycles. The lowest BCUT2D eigenvalue weighted by Crippen LogP contribution is -2.26. The Hall–Kier alpha value is -3.15. The van der Waals surface area contributed by atoms with E-state index in [4.69, 9.17) is 5.11 Å². The SMILES string of the molecule is Cc1cccc(Nc2nc(NC(C)C(=O)O)c3ccccc3n2)c1C. The zero-order chi connectivity index (χ0) is 18.0. The van der Waals surface area contributed by atoms with Gasteiger partial charge in [-0.3, -0.25) is 4.79 Å². The van der Waals surface area contributed by atoms with Crippen molar-refractivity contribution in [2.24, 2.45) is 0 Å². The first-order valence-corrected chi connectivity index (χ1v) is 8.05. The Morgan fingerprint density at radius 2 is 1.84 bits per heavy atom. The van der Waals surface area contributed by atoms with E-state index in [1.54, 1.807) is 6.92 Å². The Labute approximate surface area is 145 Å². The minimum atomic E-state index is -0.938. The molecule has 0 bridgehead atoms. The lowest BCUT2D eigenvalue weighted by atomic mass is 10.1. The van der Waals surface area contributed by atoms with E-state index in [1.807, 2.05) is 56.3 Å². The van der Waals surface area contributed by atoms with E-state index in [0.717, 1.165) is 22.2 Å². The number of carboxylic acid groups (broad SMARTS) is 1. The van der Waals surface area contributed by atoms with E-state index in [1.165, 1.54) is 5.56 Å². The molecule has 0 fully saturated rings. The Kier molecular flexibility index (Phi) is 4.52. The van der Waals surface area contributed by atoms with Crippen LogP contribution in [0, 0.1) is 13.8 Å². The van der Waals surface area contributed by atoms with Crippen LogP contribution in [0.1, 0.15) is 18.1 Å². The zero-order valence-corrected chi connectivity index (χ0v) is 14.4. The fourth-order valence-corrected chi connectivity index (χ4v) is 2.52. The first-order chi connectivity index (χ1) is 12.0. The number of benzene rings is 2. The number of anilines is 3. The molecule has 3 rings (SSSR count). The van der Waals surface area contributed by atoms with Gasteiger partial charge in [-0.05, 0) is 50.1 Å². The molecule has 6 heteroatoms. The minimum Gasteiger partial charge on any atom is -0.480 e. The molecule has 6 nitrogen and oxygen atoms in total. The van der Waals surface area contributed by atoms with E-state index in [2.05, 4.69) is 20.6 Å². The van der Waals surface area contributed by atoms with Crippen molar-refractivity contribution in [3.8, 4) is 0 Å². The van der Waals surface area contributed by atoms with Gasteiger partial charge in [-0.2, -0.15) is 4.98 Å². The van der Waals surface area contributed by atoms with E-state index >= 15 is 0 Å². The van der Waals surface area contributed by atoms with E-state index in [0.29, 0.717) is 11.8 Å². The van der Waals surface area contributed by atoms with Crippen LogP contribution in [0.3, 0.4) is 0 Å². The van der Waals surface area contributed by atoms with Gasteiger partial charge in [0, 0.05) is 11.1 Å². The van der Waals surface area contributed by atoms with Gasteiger partial charge in [0.2, 0.25) is 5.95 Å². The molecule has 0 aliphatic heterocycles. The standard InChI is InChI=1S/C19H20N4O2/c1-11-7-6-10-15(12(11)2)21-19-22-16-9-5-4-8-14(16)17(23-19)20-13(3)18(24)25/h4-10,13H,1-3H3,(H,24,25)(H2,20,21,22,23). The van der Waals surface area contributed by atoms with Gasteiger partial charge in [0.1, 0.15) is 11.9 Å². The molecule has 0 saturated carbocycles. The van der Waals surface area contributed by atoms with Crippen LogP contribution >= 0.6 is 0 Å². The number of aryl methyl sites for hydroxylation is 1. The number of nitrogens with one attached hydrogen (secondary N) is 2. The van der Waals surface area contributed by atoms with Crippen LogP contribution in [-0.2, 0) is 4.79 Å². The van der Waals surface area contributed by atoms with Gasteiger partial charge >= 0.3 is 5.97 Å². The van der Waals surface area contributed by atoms with Crippen molar-refractivity contribution >= 4 is 34.3 Å². The summed E-state index contributed by atoms with van der Waals surface area (Å²) < 4.78 is 0. The topological polar surface area (TPSA) is 87.1 Å². The van der Waals surface area contributed by atoms with Gasteiger partial charge in [-0.15, -0.1) is 0 Å². The van der Waals surface area contributed by atoms with Gasteiger partial charge in [0.15, 0.2) is 0 Å². The summed E-state index contributed by atoms with van der Waals surface area (Å²) in [6, 6.07) is 12.7. The summed E-state index contributed by atoms with van der Waals surface area (Å²) >= 11 is 0. The number of para-hydroxylation sites is 1. The molecule has 25 heavy (non-hydrogen) atoms. The summed E-state index contributed by atoms with van der Waals surface area (Å²) in [5.74, 6) is -0.0208. The number of rotatable bonds is 5. The highest BCUT2D eigenvalue weighted by Crippen LogP contribution is 2.26. The Bertz CT molecular complexity index is 940. The van der Waals surface area contributed by atoms with Crippen molar-refractivity contribution in [2.45, 2.75) is 26.8 Å². The second kappa shape index (κ2) is 6.76.